The molecule has 0 spiro atoms. The molecule has 1 saturated carbocycles. The van der Waals surface area contributed by atoms with E-state index in [1.807, 2.05) is 12.4 Å². The Morgan fingerprint density at radius 1 is 1.12 bits per heavy atom. The summed E-state index contributed by atoms with van der Waals surface area (Å²) in [4.78, 5) is 9.42. The molecule has 0 aromatic carbocycles. The van der Waals surface area contributed by atoms with Crippen LogP contribution in [0.2, 0.25) is 0 Å². The van der Waals surface area contributed by atoms with Crippen LogP contribution < -0.4 is 0 Å². The minimum Gasteiger partial charge on any atom is -0.361 e. The molecular formula is C18H21BrN4O. The highest BCUT2D eigenvalue weighted by molar-refractivity contribution is 9.10. The monoisotopic (exact) mass is 388 g/mol. The molecule has 2 unspecified atom stereocenters. The number of piperidine rings is 1. The Balaban J connectivity index is 1.19. The second-order valence-electron chi connectivity index (χ2n) is 7.42. The third kappa shape index (κ3) is 2.91. The van der Waals surface area contributed by atoms with Crippen molar-refractivity contribution in [2.75, 3.05) is 13.1 Å². The number of halogens is 1. The number of fused-ring (bicyclic) bond motifs is 2. The average Bonchev–Trinajstić information content (AvgIpc) is 3.32. The van der Waals surface area contributed by atoms with Crippen molar-refractivity contribution in [1.82, 2.24) is 19.9 Å². The zero-order valence-electron chi connectivity index (χ0n) is 13.6. The predicted molar refractivity (Wildman–Crippen MR) is 93.4 cm³/mol. The van der Waals surface area contributed by atoms with E-state index in [-0.39, 0.29) is 0 Å². The van der Waals surface area contributed by atoms with Gasteiger partial charge in [0.05, 0.1) is 5.69 Å². The third-order valence-electron chi connectivity index (χ3n) is 5.49. The fraction of sp³-hybridized carbons (Fsp3) is 0.556. The van der Waals surface area contributed by atoms with Gasteiger partial charge in [-0.3, -0.25) is 14.8 Å². The number of rotatable bonds is 5. The fourth-order valence-corrected chi connectivity index (χ4v) is 4.52. The summed E-state index contributed by atoms with van der Waals surface area (Å²) in [6.45, 7) is 4.20. The Bertz CT molecular complexity index is 732. The van der Waals surface area contributed by atoms with Crippen molar-refractivity contribution in [2.45, 2.75) is 50.4 Å². The average molecular weight is 389 g/mol. The SMILES string of the molecule is Brc1cncc(CN2CC3CC(C2)N3Cc2cc(C3CC3)on2)c1. The largest absolute Gasteiger partial charge is 0.361 e. The lowest BCUT2D eigenvalue weighted by molar-refractivity contribution is -0.0784. The summed E-state index contributed by atoms with van der Waals surface area (Å²) in [5.74, 6) is 1.75. The molecule has 0 N–H and O–H groups in total. The number of aromatic nitrogens is 2. The highest BCUT2D eigenvalue weighted by Crippen LogP contribution is 2.41. The summed E-state index contributed by atoms with van der Waals surface area (Å²) < 4.78 is 6.55. The van der Waals surface area contributed by atoms with Gasteiger partial charge in [0, 0.05) is 67.1 Å². The van der Waals surface area contributed by atoms with Crippen LogP contribution >= 0.6 is 15.9 Å². The lowest BCUT2D eigenvalue weighted by Gasteiger charge is -2.56. The van der Waals surface area contributed by atoms with Gasteiger partial charge in [0.15, 0.2) is 0 Å². The van der Waals surface area contributed by atoms with E-state index < -0.39 is 0 Å². The van der Waals surface area contributed by atoms with E-state index in [1.165, 1.54) is 24.8 Å². The molecule has 2 bridgehead atoms. The third-order valence-corrected chi connectivity index (χ3v) is 5.92. The molecule has 0 radical (unpaired) electrons. The Hall–Kier alpha value is -1.24. The molecule has 4 aliphatic rings. The van der Waals surface area contributed by atoms with E-state index >= 15 is 0 Å². The summed E-state index contributed by atoms with van der Waals surface area (Å²) in [6, 6.07) is 5.66. The normalized spacial score (nSPS) is 27.2. The first-order valence-electron chi connectivity index (χ1n) is 8.77. The van der Waals surface area contributed by atoms with E-state index in [0.29, 0.717) is 18.0 Å². The number of hydrogen-bond acceptors (Lipinski definition) is 5. The van der Waals surface area contributed by atoms with Crippen LogP contribution in [-0.4, -0.2) is 45.1 Å². The van der Waals surface area contributed by atoms with Crippen LogP contribution in [0.25, 0.3) is 0 Å². The zero-order valence-corrected chi connectivity index (χ0v) is 15.2. The summed E-state index contributed by atoms with van der Waals surface area (Å²) in [6.07, 6.45) is 7.66. The van der Waals surface area contributed by atoms with Gasteiger partial charge in [-0.1, -0.05) is 5.16 Å². The van der Waals surface area contributed by atoms with Gasteiger partial charge in [-0.25, -0.2) is 0 Å². The van der Waals surface area contributed by atoms with Gasteiger partial charge < -0.3 is 4.52 Å². The second kappa shape index (κ2) is 5.93. The van der Waals surface area contributed by atoms with E-state index in [1.54, 1.807) is 0 Å². The van der Waals surface area contributed by atoms with Gasteiger partial charge in [0.2, 0.25) is 0 Å². The van der Waals surface area contributed by atoms with Crippen LogP contribution in [0, 0.1) is 0 Å². The first-order valence-corrected chi connectivity index (χ1v) is 9.57. The molecule has 2 aromatic heterocycles. The van der Waals surface area contributed by atoms with Crippen LogP contribution in [0.3, 0.4) is 0 Å². The second-order valence-corrected chi connectivity index (χ2v) is 8.33. The van der Waals surface area contributed by atoms with Crippen LogP contribution in [-0.2, 0) is 13.1 Å². The number of hydrogen-bond donors (Lipinski definition) is 0. The molecule has 2 aromatic rings. The molecule has 2 atom stereocenters. The number of pyridine rings is 1. The molecule has 0 amide bonds. The lowest BCUT2D eigenvalue weighted by atomic mass is 9.87. The smallest absolute Gasteiger partial charge is 0.140 e. The van der Waals surface area contributed by atoms with Crippen LogP contribution in [0.1, 0.15) is 42.2 Å². The molecule has 5 heterocycles. The Morgan fingerprint density at radius 3 is 2.71 bits per heavy atom. The van der Waals surface area contributed by atoms with Crippen LogP contribution in [0.5, 0.6) is 0 Å². The molecule has 5 nitrogen and oxygen atoms in total. The fourth-order valence-electron chi connectivity index (χ4n) is 4.11. The van der Waals surface area contributed by atoms with E-state index in [9.17, 15) is 0 Å². The Labute approximate surface area is 150 Å². The molecule has 24 heavy (non-hydrogen) atoms. The van der Waals surface area contributed by atoms with E-state index in [2.05, 4.69) is 48.0 Å². The topological polar surface area (TPSA) is 45.4 Å². The summed E-state index contributed by atoms with van der Waals surface area (Å²) in [5.41, 5.74) is 2.39. The van der Waals surface area contributed by atoms with Gasteiger partial charge in [-0.2, -0.15) is 0 Å². The predicted octanol–water partition coefficient (Wildman–Crippen LogP) is 3.17. The van der Waals surface area contributed by atoms with Crippen LogP contribution in [0.15, 0.2) is 33.5 Å². The van der Waals surface area contributed by atoms with Gasteiger partial charge in [0.25, 0.3) is 0 Å². The summed E-state index contributed by atoms with van der Waals surface area (Å²) >= 11 is 3.51. The van der Waals surface area contributed by atoms with E-state index in [0.717, 1.165) is 42.1 Å². The maximum Gasteiger partial charge on any atom is 0.140 e. The number of piperazine rings is 1. The molecule has 6 heteroatoms. The molecule has 1 aliphatic carbocycles. The Morgan fingerprint density at radius 2 is 1.96 bits per heavy atom. The minimum absolute atomic E-state index is 0.649. The quantitative estimate of drug-likeness (QED) is 0.786. The van der Waals surface area contributed by atoms with Gasteiger partial charge >= 0.3 is 0 Å². The standard InChI is InChI=1S/C18H21BrN4O/c19-14-3-12(6-20-7-14)8-22-10-16-5-17(11-22)23(16)9-15-4-18(24-21-15)13-1-2-13/h3-4,6-7,13,16-17H,1-2,5,8-11H2. The zero-order chi connectivity index (χ0) is 16.1. The molecule has 3 aliphatic heterocycles. The summed E-state index contributed by atoms with van der Waals surface area (Å²) in [5, 5.41) is 4.28. The Kier molecular flexibility index (Phi) is 3.72. The molecule has 126 valence electrons. The lowest BCUT2D eigenvalue weighted by Crippen LogP contribution is -2.67. The van der Waals surface area contributed by atoms with Crippen molar-refractivity contribution in [3.05, 3.63) is 46.0 Å². The maximum atomic E-state index is 5.49. The van der Waals surface area contributed by atoms with Gasteiger partial charge in [-0.15, -0.1) is 0 Å². The van der Waals surface area contributed by atoms with Crippen molar-refractivity contribution < 1.29 is 4.52 Å². The van der Waals surface area contributed by atoms with Crippen LogP contribution in [0.4, 0.5) is 0 Å². The molecule has 3 saturated heterocycles. The first kappa shape index (κ1) is 15.0. The number of nitrogens with zero attached hydrogens (tertiary/aromatic N) is 4. The minimum atomic E-state index is 0.649. The van der Waals surface area contributed by atoms with Crippen molar-refractivity contribution in [3.8, 4) is 0 Å². The highest BCUT2D eigenvalue weighted by atomic mass is 79.9. The molecular weight excluding hydrogens is 368 g/mol. The first-order chi connectivity index (χ1) is 11.7. The van der Waals surface area contributed by atoms with E-state index in [4.69, 9.17) is 4.52 Å². The van der Waals surface area contributed by atoms with Crippen molar-refractivity contribution in [3.63, 3.8) is 0 Å². The molecule has 6 rings (SSSR count). The van der Waals surface area contributed by atoms with Gasteiger partial charge in [-0.05, 0) is 46.8 Å². The van der Waals surface area contributed by atoms with Crippen molar-refractivity contribution >= 4 is 15.9 Å². The van der Waals surface area contributed by atoms with Crippen molar-refractivity contribution in [1.29, 1.82) is 0 Å². The van der Waals surface area contributed by atoms with Crippen molar-refractivity contribution in [2.24, 2.45) is 0 Å². The molecule has 4 fully saturated rings. The van der Waals surface area contributed by atoms with Gasteiger partial charge in [0.1, 0.15) is 5.76 Å². The summed E-state index contributed by atoms with van der Waals surface area (Å²) in [7, 11) is 0. The highest BCUT2D eigenvalue weighted by Gasteiger charge is 2.44. The maximum absolute atomic E-state index is 5.49.